The molecule has 52 heavy (non-hydrogen) atoms. The fourth-order valence-electron chi connectivity index (χ4n) is 5.92. The average molecular weight is 764 g/mol. The van der Waals surface area contributed by atoms with Crippen LogP contribution in [0.4, 0.5) is 0 Å². The third kappa shape index (κ3) is 30.5. The van der Waals surface area contributed by atoms with Crippen molar-refractivity contribution in [2.24, 2.45) is 0 Å². The van der Waals surface area contributed by atoms with E-state index >= 15 is 0 Å². The molecule has 14 heteroatoms. The molecule has 1 fully saturated rings. The van der Waals surface area contributed by atoms with Crippen LogP contribution in [0, 0.1) is 0 Å². The van der Waals surface area contributed by atoms with Gasteiger partial charge in [-0.25, -0.2) is 0 Å². The number of amides is 2. The lowest BCUT2D eigenvalue weighted by molar-refractivity contribution is -0.136. The molecule has 0 saturated carbocycles. The van der Waals surface area contributed by atoms with Crippen molar-refractivity contribution in [3.05, 3.63) is 12.3 Å². The van der Waals surface area contributed by atoms with E-state index in [1.807, 2.05) is 14.1 Å². The van der Waals surface area contributed by atoms with Gasteiger partial charge in [-0.3, -0.25) is 24.1 Å². The van der Waals surface area contributed by atoms with Crippen LogP contribution in [0.15, 0.2) is 12.3 Å². The van der Waals surface area contributed by atoms with Gasteiger partial charge in [-0.15, -0.1) is 0 Å². The summed E-state index contributed by atoms with van der Waals surface area (Å²) in [4.78, 5) is 53.2. The van der Waals surface area contributed by atoms with Crippen molar-refractivity contribution >= 4 is 34.1 Å². The summed E-state index contributed by atoms with van der Waals surface area (Å²) >= 11 is 0. The fraction of sp³-hybridized carbons (Fsp3) is 0.842. The predicted octanol–water partition coefficient (Wildman–Crippen LogP) is 6.40. The number of rotatable bonds is 33. The maximum absolute atomic E-state index is 12.2. The lowest BCUT2D eigenvalue weighted by Crippen LogP contribution is -2.43. The third-order valence-corrected chi connectivity index (χ3v) is 9.00. The third-order valence-electron chi connectivity index (χ3n) is 8.62. The maximum Gasteiger partial charge on any atom is 0.290 e. The van der Waals surface area contributed by atoms with E-state index in [1.165, 1.54) is 103 Å². The molecule has 0 radical (unpaired) electrons. The molecule has 0 spiro atoms. The monoisotopic (exact) mass is 764 g/mol. The van der Waals surface area contributed by atoms with E-state index in [4.69, 9.17) is 23.9 Å². The Kier molecular flexibility index (Phi) is 41.9. The number of nitrogens with one attached hydrogen (secondary N) is 2. The Bertz CT molecular complexity index is 843. The van der Waals surface area contributed by atoms with Crippen LogP contribution < -0.4 is 10.6 Å². The van der Waals surface area contributed by atoms with Gasteiger partial charge < -0.3 is 39.7 Å². The molecule has 1 aliphatic heterocycles. The Morgan fingerprint density at radius 2 is 1.27 bits per heavy atom. The van der Waals surface area contributed by atoms with Crippen LogP contribution in [-0.4, -0.2) is 103 Å². The zero-order valence-electron chi connectivity index (χ0n) is 32.5. The molecule has 1 aliphatic rings. The number of aliphatic hydroxyl groups excluding tert-OH is 1. The highest BCUT2D eigenvalue weighted by Gasteiger charge is 2.48. The van der Waals surface area contributed by atoms with Gasteiger partial charge in [0.25, 0.3) is 6.47 Å². The van der Waals surface area contributed by atoms with Crippen molar-refractivity contribution in [2.75, 3.05) is 33.9 Å². The van der Waals surface area contributed by atoms with E-state index in [-0.39, 0.29) is 19.0 Å². The second-order valence-electron chi connectivity index (χ2n) is 13.1. The maximum atomic E-state index is 12.2. The molecule has 1 saturated heterocycles. The summed E-state index contributed by atoms with van der Waals surface area (Å²) in [6.45, 7) is 2.68. The normalized spacial score (nSPS) is 18.1. The van der Waals surface area contributed by atoms with Crippen molar-refractivity contribution in [3.63, 3.8) is 0 Å². The summed E-state index contributed by atoms with van der Waals surface area (Å²) in [5, 5.41) is 22.3. The first-order valence-corrected chi connectivity index (χ1v) is 20.5. The number of aliphatic hydroxyl groups is 1. The number of hydrogen-bond acceptors (Lipinski definition) is 10. The zero-order chi connectivity index (χ0) is 38.9. The minimum absolute atomic E-state index is 0.133. The predicted molar refractivity (Wildman–Crippen MR) is 208 cm³/mol. The lowest BCUT2D eigenvalue weighted by Gasteiger charge is -2.27. The molecular formula is C38H74N3O10P. The number of allylic oxidation sites excluding steroid dienone is 1. The van der Waals surface area contributed by atoms with Gasteiger partial charge >= 0.3 is 0 Å². The van der Waals surface area contributed by atoms with Gasteiger partial charge in [0, 0.05) is 25.8 Å². The number of carbonyl (C=O) groups excluding carboxylic acids is 3. The number of ether oxygens (including phenoxy) is 2. The highest BCUT2D eigenvalue weighted by atomic mass is 31.1. The summed E-state index contributed by atoms with van der Waals surface area (Å²) in [5.74, 6) is 0.133. The van der Waals surface area contributed by atoms with Crippen LogP contribution in [0.3, 0.4) is 0 Å². The van der Waals surface area contributed by atoms with Crippen molar-refractivity contribution in [1.82, 2.24) is 15.5 Å². The van der Waals surface area contributed by atoms with E-state index in [0.29, 0.717) is 32.3 Å². The topological polar surface area (TPSA) is 184 Å². The summed E-state index contributed by atoms with van der Waals surface area (Å²) in [5.41, 5.74) is 0. The largest absolute Gasteiger partial charge is 0.483 e. The Morgan fingerprint density at radius 1 is 0.788 bits per heavy atom. The number of carboxylic acid groups (broad SMARTS) is 1. The molecule has 5 atom stereocenters. The first kappa shape index (κ1) is 52.1. The molecule has 1 rings (SSSR count). The fourth-order valence-corrected chi connectivity index (χ4v) is 6.32. The molecular weight excluding hydrogens is 689 g/mol. The van der Waals surface area contributed by atoms with Gasteiger partial charge in [0.15, 0.2) is 15.3 Å². The Balaban J connectivity index is 0. The molecule has 0 aromatic carbocycles. The van der Waals surface area contributed by atoms with Gasteiger partial charge in [-0.05, 0) is 39.4 Å². The Labute approximate surface area is 316 Å². The molecule has 0 aliphatic carbocycles. The Morgan fingerprint density at radius 3 is 1.73 bits per heavy atom. The van der Waals surface area contributed by atoms with Crippen LogP contribution in [0.2, 0.25) is 0 Å². The number of unbranched alkanes of at least 4 members (excludes halogenated alkanes) is 19. The zero-order valence-corrected chi connectivity index (χ0v) is 33.5. The first-order chi connectivity index (χ1) is 25.4. The van der Waals surface area contributed by atoms with Crippen molar-refractivity contribution in [3.8, 4) is 0 Å². The van der Waals surface area contributed by atoms with Crippen LogP contribution in [0.1, 0.15) is 148 Å². The molecule has 5 unspecified atom stereocenters. The highest BCUT2D eigenvalue weighted by Crippen LogP contribution is 2.32. The van der Waals surface area contributed by atoms with E-state index < -0.39 is 33.6 Å². The van der Waals surface area contributed by atoms with Crippen LogP contribution >= 0.6 is 9.03 Å². The van der Waals surface area contributed by atoms with Crippen molar-refractivity contribution in [1.29, 1.82) is 0 Å². The SMILES string of the molecule is CCCCCCCCCCCCCCCCCCCC(=O)NCCCCCCOC1C(OPO)C(CO)OC1N(C=O)/C=C\C=O.CNC.O=CO. The Hall–Kier alpha value is -1.99. The van der Waals surface area contributed by atoms with Gasteiger partial charge in [0.1, 0.15) is 24.6 Å². The number of hydrogen-bond donors (Lipinski definition) is 5. The lowest BCUT2D eigenvalue weighted by atomic mass is 10.0. The second-order valence-corrected chi connectivity index (χ2v) is 13.5. The molecule has 1 heterocycles. The quantitative estimate of drug-likeness (QED) is 0.0216. The smallest absolute Gasteiger partial charge is 0.290 e. The molecule has 306 valence electrons. The summed E-state index contributed by atoms with van der Waals surface area (Å²) in [6.07, 6.45) is 27.0. The molecule has 0 aromatic heterocycles. The number of nitrogens with zero attached hydrogens (tertiary/aromatic N) is 1. The van der Waals surface area contributed by atoms with E-state index in [2.05, 4.69) is 17.6 Å². The van der Waals surface area contributed by atoms with Gasteiger partial charge in [0.05, 0.1) is 6.61 Å². The van der Waals surface area contributed by atoms with E-state index in [9.17, 15) is 24.4 Å². The minimum atomic E-state index is -0.901. The number of carbonyl (C=O) groups is 4. The molecule has 2 amide bonds. The molecule has 5 N–H and O–H groups in total. The average Bonchev–Trinajstić information content (AvgIpc) is 3.48. The molecule has 13 nitrogen and oxygen atoms in total. The minimum Gasteiger partial charge on any atom is -0.483 e. The standard InChI is InChI=1S/C35H65N2O8P.C2H7N.CH2O2/c1-2-3-4-5-6-7-8-9-10-11-12-13-14-15-16-17-20-24-32(41)36-25-21-18-19-22-28-43-34-33(45-46-42)31(29-39)44-35(34)37(30-40)26-23-27-38;1-3-2;2-1-3/h23,26-27,30-31,33-35,39,42,46H,2-22,24-25,28-29H2,1H3,(H,36,41);3H,1-2H3;1H,(H,2,3)/b26-23-;;. The summed E-state index contributed by atoms with van der Waals surface area (Å²) in [7, 11) is 2.92. The van der Waals surface area contributed by atoms with Gasteiger partial charge in [-0.2, -0.15) is 0 Å². The summed E-state index contributed by atoms with van der Waals surface area (Å²) in [6, 6.07) is 0. The van der Waals surface area contributed by atoms with Gasteiger partial charge in [0.2, 0.25) is 12.3 Å². The van der Waals surface area contributed by atoms with Crippen LogP contribution in [-0.2, 0) is 33.2 Å². The van der Waals surface area contributed by atoms with Crippen LogP contribution in [0.25, 0.3) is 0 Å². The molecule has 0 aromatic rings. The first-order valence-electron chi connectivity index (χ1n) is 19.7. The van der Waals surface area contributed by atoms with Crippen molar-refractivity contribution in [2.45, 2.75) is 173 Å². The van der Waals surface area contributed by atoms with Crippen LogP contribution in [0.5, 0.6) is 0 Å². The highest BCUT2D eigenvalue weighted by molar-refractivity contribution is 7.25. The van der Waals surface area contributed by atoms with Crippen molar-refractivity contribution < 1.29 is 48.3 Å². The van der Waals surface area contributed by atoms with E-state index in [0.717, 1.165) is 49.5 Å². The number of aldehydes is 1. The second kappa shape index (κ2) is 41.8. The van der Waals surface area contributed by atoms with E-state index in [1.54, 1.807) is 0 Å². The summed E-state index contributed by atoms with van der Waals surface area (Å²) < 4.78 is 17.1. The van der Waals surface area contributed by atoms with Gasteiger partial charge in [-0.1, -0.05) is 122 Å². The molecule has 0 bridgehead atoms.